The number of terminal acetylenes is 1. The van der Waals surface area contributed by atoms with Crippen LogP contribution in [0.3, 0.4) is 0 Å². The Morgan fingerprint density at radius 3 is 1.78 bits per heavy atom. The number of nitrogens with two attached hydrogens (primary N) is 2. The van der Waals surface area contributed by atoms with Crippen molar-refractivity contribution in [2.45, 2.75) is 51.7 Å². The van der Waals surface area contributed by atoms with Gasteiger partial charge >= 0.3 is 11.9 Å². The van der Waals surface area contributed by atoms with Gasteiger partial charge in [0.05, 0.1) is 46.6 Å². The van der Waals surface area contributed by atoms with E-state index in [0.717, 1.165) is 0 Å². The minimum atomic E-state index is -0.866. The number of carbonyl (C=O) groups excluding carboxylic acids is 2. The van der Waals surface area contributed by atoms with Gasteiger partial charge < -0.3 is 31.2 Å². The highest BCUT2D eigenvalue weighted by Crippen LogP contribution is 2.17. The van der Waals surface area contributed by atoms with Gasteiger partial charge in [-0.15, -0.1) is 12.3 Å². The van der Waals surface area contributed by atoms with Crippen molar-refractivity contribution in [3.8, 4) is 24.2 Å². The second-order valence-corrected chi connectivity index (χ2v) is 9.57. The van der Waals surface area contributed by atoms with Crippen LogP contribution in [0.5, 0.6) is 0 Å². The van der Waals surface area contributed by atoms with Crippen LogP contribution in [0.2, 0.25) is 0 Å². The molecule has 10 nitrogen and oxygen atoms in total. The fraction of sp³-hybridized carbons (Fsp3) is 0.385. The quantitative estimate of drug-likeness (QED) is 0.313. The molecule has 0 unspecified atom stereocenters. The molecule has 0 aliphatic rings. The summed E-state index contributed by atoms with van der Waals surface area (Å²) in [6.45, 7) is 6.70. The molecule has 0 saturated heterocycles. The summed E-state index contributed by atoms with van der Waals surface area (Å²) in [5.74, 6) is 7.61. The Bertz CT molecular complexity index is 1170. The molecule has 0 saturated carbocycles. The zero-order chi connectivity index (χ0) is 28.8. The number of aromatic nitrogens is 2. The van der Waals surface area contributed by atoms with Gasteiger partial charge in [0.1, 0.15) is 11.6 Å². The number of ether oxygens (including phenoxy) is 2. The van der Waals surface area contributed by atoms with E-state index < -0.39 is 23.1 Å². The molecule has 2 rings (SSSR count). The lowest BCUT2D eigenvalue weighted by Gasteiger charge is -2.11. The Balaban J connectivity index is 0.000000586. The number of anilines is 2. The van der Waals surface area contributed by atoms with Gasteiger partial charge in [0.15, 0.2) is 0 Å². The number of esters is 2. The van der Waals surface area contributed by atoms with Gasteiger partial charge in [0.2, 0.25) is 0 Å². The predicted octanol–water partition coefficient (Wildman–Crippen LogP) is 2.96. The Morgan fingerprint density at radius 2 is 1.41 bits per heavy atom. The van der Waals surface area contributed by atoms with Crippen molar-refractivity contribution in [3.05, 3.63) is 45.7 Å². The van der Waals surface area contributed by atoms with Crippen LogP contribution in [-0.2, 0) is 9.47 Å². The Labute approximate surface area is 225 Å². The van der Waals surface area contributed by atoms with Crippen LogP contribution in [-0.4, -0.2) is 57.5 Å². The topological polar surface area (TPSA) is 171 Å². The molecule has 0 fully saturated rings. The lowest BCUT2D eigenvalue weighted by molar-refractivity contribution is 0.0591. The normalized spacial score (nSPS) is 10.2. The predicted molar refractivity (Wildman–Crippen MR) is 145 cm³/mol. The summed E-state index contributed by atoms with van der Waals surface area (Å²) in [5.41, 5.74) is 10.6. The van der Waals surface area contributed by atoms with Gasteiger partial charge in [-0.2, -0.15) is 0 Å². The number of halogens is 1. The van der Waals surface area contributed by atoms with Crippen LogP contribution in [0.15, 0.2) is 29.0 Å². The third-order valence-corrected chi connectivity index (χ3v) is 4.54. The number of pyridine rings is 2. The van der Waals surface area contributed by atoms with Crippen molar-refractivity contribution in [1.82, 2.24) is 9.97 Å². The van der Waals surface area contributed by atoms with Gasteiger partial charge in [-0.25, -0.2) is 19.6 Å². The van der Waals surface area contributed by atoms with E-state index in [2.05, 4.69) is 53.1 Å². The van der Waals surface area contributed by atoms with Crippen LogP contribution in [0, 0.1) is 24.2 Å². The van der Waals surface area contributed by atoms with Gasteiger partial charge in [0.25, 0.3) is 0 Å². The van der Waals surface area contributed by atoms with Crippen molar-refractivity contribution in [2.24, 2.45) is 0 Å². The van der Waals surface area contributed by atoms with Crippen molar-refractivity contribution < 1.29 is 29.3 Å². The average Bonchev–Trinajstić information content (AvgIpc) is 2.80. The van der Waals surface area contributed by atoms with E-state index in [1.165, 1.54) is 32.7 Å². The monoisotopic (exact) mass is 576 g/mol. The molecule has 2 aromatic heterocycles. The number of carbonyl (C=O) groups is 2. The van der Waals surface area contributed by atoms with Crippen molar-refractivity contribution >= 4 is 39.5 Å². The maximum atomic E-state index is 11.3. The zero-order valence-electron chi connectivity index (χ0n) is 21.8. The SMILES string of the molecule is C#CCC(C)(C)O.COC(=O)c1cnc(N)c(Br)c1.COC(=O)c1cnc(N)c(C#CCC(C)(C)O)c1. The highest BCUT2D eigenvalue weighted by molar-refractivity contribution is 9.10. The van der Waals surface area contributed by atoms with E-state index in [-0.39, 0.29) is 5.82 Å². The summed E-state index contributed by atoms with van der Waals surface area (Å²) in [6, 6.07) is 3.08. The molecule has 2 aromatic rings. The molecule has 0 aliphatic carbocycles. The summed E-state index contributed by atoms with van der Waals surface area (Å²) < 4.78 is 9.66. The maximum Gasteiger partial charge on any atom is 0.339 e. The first-order chi connectivity index (χ1) is 17.0. The van der Waals surface area contributed by atoms with E-state index in [0.29, 0.717) is 39.8 Å². The highest BCUT2D eigenvalue weighted by Gasteiger charge is 2.11. The standard InChI is InChI=1S/C13H16N2O3.C7H7BrN2O2.C6H10O/c1-13(2,17)6-4-5-9-7-10(12(16)18-3)8-15-11(9)14;1-12-7(11)4-2-5(8)6(9)10-3-4;1-4-5-6(2,3)7/h7-8,17H,6H2,1-3H3,(H2,14,15);2-3H,1H3,(H2,9,10);1,7H,5H2,2-3H3. The van der Waals surface area contributed by atoms with Gasteiger partial charge in [-0.1, -0.05) is 11.8 Å². The number of rotatable bonds is 4. The average molecular weight is 577 g/mol. The number of nitrogens with zero attached hydrogens (tertiary/aromatic N) is 2. The van der Waals surface area contributed by atoms with Gasteiger partial charge in [0, 0.05) is 25.2 Å². The van der Waals surface area contributed by atoms with Crippen LogP contribution in [0.1, 0.15) is 66.8 Å². The van der Waals surface area contributed by atoms with Crippen LogP contribution in [0.4, 0.5) is 11.6 Å². The van der Waals surface area contributed by atoms with E-state index in [9.17, 15) is 14.7 Å². The minimum Gasteiger partial charge on any atom is -0.465 e. The number of methoxy groups -OCH3 is 2. The van der Waals surface area contributed by atoms with Crippen LogP contribution < -0.4 is 11.5 Å². The molecule has 0 bridgehead atoms. The lowest BCUT2D eigenvalue weighted by Crippen LogP contribution is -2.16. The summed E-state index contributed by atoms with van der Waals surface area (Å²) in [5, 5.41) is 18.4. The fourth-order valence-corrected chi connectivity index (χ4v) is 2.44. The summed E-state index contributed by atoms with van der Waals surface area (Å²) in [4.78, 5) is 29.9. The molecule has 0 radical (unpaired) electrons. The molecule has 2 heterocycles. The van der Waals surface area contributed by atoms with E-state index in [1.807, 2.05) is 0 Å². The summed E-state index contributed by atoms with van der Waals surface area (Å²) in [6.07, 6.45) is 8.33. The summed E-state index contributed by atoms with van der Waals surface area (Å²) >= 11 is 3.15. The molecule has 0 amide bonds. The molecule has 200 valence electrons. The van der Waals surface area contributed by atoms with E-state index in [1.54, 1.807) is 33.8 Å². The molecule has 6 N–H and O–H groups in total. The molecular weight excluding hydrogens is 544 g/mol. The third-order valence-electron chi connectivity index (χ3n) is 3.91. The lowest BCUT2D eigenvalue weighted by atomic mass is 10.1. The highest BCUT2D eigenvalue weighted by atomic mass is 79.9. The van der Waals surface area contributed by atoms with E-state index >= 15 is 0 Å². The first-order valence-electron chi connectivity index (χ1n) is 10.7. The second kappa shape index (κ2) is 15.5. The maximum absolute atomic E-state index is 11.3. The van der Waals surface area contributed by atoms with Crippen LogP contribution >= 0.6 is 15.9 Å². The first kappa shape index (κ1) is 33.4. The minimum absolute atomic E-state index is 0.242. The van der Waals surface area contributed by atoms with Crippen LogP contribution in [0.25, 0.3) is 0 Å². The molecule has 37 heavy (non-hydrogen) atoms. The molecule has 11 heteroatoms. The van der Waals surface area contributed by atoms with Crippen molar-refractivity contribution in [3.63, 3.8) is 0 Å². The van der Waals surface area contributed by atoms with Gasteiger partial charge in [-0.3, -0.25) is 0 Å². The van der Waals surface area contributed by atoms with Crippen molar-refractivity contribution in [2.75, 3.05) is 25.7 Å². The summed E-state index contributed by atoms with van der Waals surface area (Å²) in [7, 11) is 2.60. The van der Waals surface area contributed by atoms with Gasteiger partial charge in [-0.05, 0) is 55.8 Å². The van der Waals surface area contributed by atoms with E-state index in [4.69, 9.17) is 23.0 Å². The third kappa shape index (κ3) is 14.5. The zero-order valence-corrected chi connectivity index (χ0v) is 23.3. The number of hydrogen-bond acceptors (Lipinski definition) is 10. The Kier molecular flexibility index (Phi) is 13.9. The first-order valence-corrected chi connectivity index (χ1v) is 11.5. The number of hydrogen-bond donors (Lipinski definition) is 4. The largest absolute Gasteiger partial charge is 0.465 e. The number of nitrogen functional groups attached to an aromatic ring is 2. The smallest absolute Gasteiger partial charge is 0.339 e. The fourth-order valence-electron chi connectivity index (χ4n) is 2.09. The Hall–Kier alpha value is -3.64. The molecular formula is C26H33BrN4O6. The second-order valence-electron chi connectivity index (χ2n) is 8.72. The molecule has 0 spiro atoms. The van der Waals surface area contributed by atoms with Crippen molar-refractivity contribution in [1.29, 1.82) is 0 Å². The molecule has 0 aromatic carbocycles. The Morgan fingerprint density at radius 1 is 0.946 bits per heavy atom. The number of aliphatic hydroxyl groups is 2. The molecule has 0 atom stereocenters. The molecule has 0 aliphatic heterocycles.